The van der Waals surface area contributed by atoms with Crippen LogP contribution in [0.4, 0.5) is 0 Å². The van der Waals surface area contributed by atoms with Crippen LogP contribution >= 0.6 is 15.9 Å². The Balaban J connectivity index is 1.99. The molecule has 0 bridgehead atoms. The Bertz CT molecular complexity index is 587. The third-order valence-electron chi connectivity index (χ3n) is 3.37. The fraction of sp³-hybridized carbons (Fsp3) is 0.294. The van der Waals surface area contributed by atoms with Crippen molar-refractivity contribution in [1.29, 1.82) is 0 Å². The Morgan fingerprint density at radius 1 is 1.24 bits per heavy atom. The molecular weight excluding hydrogens is 330 g/mol. The highest BCUT2D eigenvalue weighted by molar-refractivity contribution is 9.10. The van der Waals surface area contributed by atoms with Gasteiger partial charge in [-0.05, 0) is 25.0 Å². The highest BCUT2D eigenvalue weighted by Crippen LogP contribution is 2.31. The third-order valence-corrected chi connectivity index (χ3v) is 4.08. The monoisotopic (exact) mass is 349 g/mol. The molecule has 0 radical (unpaired) electrons. The van der Waals surface area contributed by atoms with Crippen LogP contribution in [-0.2, 0) is 13.0 Å². The fourth-order valence-corrected chi connectivity index (χ4v) is 2.84. The standard InChI is InChI=1S/C17H20BrNO2/c1-12(8-13-6-4-3-5-7-13)19-11-15-16(18)9-14(20)10-17(15)21-2/h3-7,9-10,12,19-20H,8,11H2,1-2H3. The van der Waals surface area contributed by atoms with Crippen LogP contribution in [0.2, 0.25) is 0 Å². The first-order valence-corrected chi connectivity index (χ1v) is 7.72. The van der Waals surface area contributed by atoms with Gasteiger partial charge in [-0.1, -0.05) is 46.3 Å². The van der Waals surface area contributed by atoms with Crippen molar-refractivity contribution in [1.82, 2.24) is 5.32 Å². The lowest BCUT2D eigenvalue weighted by atomic mass is 10.1. The van der Waals surface area contributed by atoms with Crippen LogP contribution in [0.15, 0.2) is 46.9 Å². The summed E-state index contributed by atoms with van der Waals surface area (Å²) < 4.78 is 6.17. The predicted molar refractivity (Wildman–Crippen MR) is 88.8 cm³/mol. The van der Waals surface area contributed by atoms with E-state index in [0.717, 1.165) is 16.5 Å². The van der Waals surface area contributed by atoms with E-state index in [9.17, 15) is 5.11 Å². The Morgan fingerprint density at radius 2 is 1.95 bits per heavy atom. The van der Waals surface area contributed by atoms with Gasteiger partial charge in [0.15, 0.2) is 0 Å². The van der Waals surface area contributed by atoms with Crippen LogP contribution in [0.25, 0.3) is 0 Å². The quantitative estimate of drug-likeness (QED) is 0.831. The molecule has 0 amide bonds. The van der Waals surface area contributed by atoms with Gasteiger partial charge in [0.1, 0.15) is 11.5 Å². The van der Waals surface area contributed by atoms with Crippen LogP contribution in [0, 0.1) is 0 Å². The summed E-state index contributed by atoms with van der Waals surface area (Å²) in [6.45, 7) is 2.84. The average molecular weight is 350 g/mol. The lowest BCUT2D eigenvalue weighted by Gasteiger charge is -2.17. The second-order valence-corrected chi connectivity index (χ2v) is 5.93. The van der Waals surface area contributed by atoms with E-state index < -0.39 is 0 Å². The van der Waals surface area contributed by atoms with Gasteiger partial charge in [-0.15, -0.1) is 0 Å². The van der Waals surface area contributed by atoms with E-state index in [0.29, 0.717) is 18.3 Å². The number of methoxy groups -OCH3 is 1. The summed E-state index contributed by atoms with van der Waals surface area (Å²) in [5.74, 6) is 0.876. The number of hydrogen-bond donors (Lipinski definition) is 2. The highest BCUT2D eigenvalue weighted by Gasteiger charge is 2.11. The van der Waals surface area contributed by atoms with Gasteiger partial charge in [-0.25, -0.2) is 0 Å². The molecule has 2 N–H and O–H groups in total. The minimum atomic E-state index is 0.194. The second-order valence-electron chi connectivity index (χ2n) is 5.08. The zero-order valence-electron chi connectivity index (χ0n) is 12.3. The molecule has 0 heterocycles. The Kier molecular flexibility index (Phi) is 5.65. The SMILES string of the molecule is COc1cc(O)cc(Br)c1CNC(C)Cc1ccccc1. The van der Waals surface area contributed by atoms with Crippen molar-refractivity contribution in [3.8, 4) is 11.5 Å². The van der Waals surface area contributed by atoms with Crippen LogP contribution < -0.4 is 10.1 Å². The molecule has 0 aromatic heterocycles. The van der Waals surface area contributed by atoms with Gasteiger partial charge in [0.05, 0.1) is 7.11 Å². The van der Waals surface area contributed by atoms with Crippen LogP contribution in [0.3, 0.4) is 0 Å². The molecule has 0 saturated carbocycles. The van der Waals surface area contributed by atoms with Gasteiger partial charge in [-0.3, -0.25) is 0 Å². The first-order valence-electron chi connectivity index (χ1n) is 6.93. The van der Waals surface area contributed by atoms with Gasteiger partial charge < -0.3 is 15.2 Å². The summed E-state index contributed by atoms with van der Waals surface area (Å²) in [7, 11) is 1.61. The zero-order chi connectivity index (χ0) is 15.2. The van der Waals surface area contributed by atoms with E-state index >= 15 is 0 Å². The zero-order valence-corrected chi connectivity index (χ0v) is 13.9. The first-order chi connectivity index (χ1) is 10.1. The number of rotatable bonds is 6. The molecule has 0 aliphatic heterocycles. The number of phenols is 1. The minimum absolute atomic E-state index is 0.194. The minimum Gasteiger partial charge on any atom is -0.508 e. The second kappa shape index (κ2) is 7.48. The molecule has 0 saturated heterocycles. The van der Waals surface area contributed by atoms with Crippen molar-refractivity contribution in [2.45, 2.75) is 25.9 Å². The predicted octanol–water partition coefficient (Wildman–Crippen LogP) is 3.88. The number of hydrogen-bond acceptors (Lipinski definition) is 3. The number of aromatic hydroxyl groups is 1. The lowest BCUT2D eigenvalue weighted by Crippen LogP contribution is -2.27. The summed E-state index contributed by atoms with van der Waals surface area (Å²) >= 11 is 3.48. The Hall–Kier alpha value is -1.52. The molecule has 0 spiro atoms. The topological polar surface area (TPSA) is 41.5 Å². The van der Waals surface area contributed by atoms with Gasteiger partial charge in [0.2, 0.25) is 0 Å². The maximum Gasteiger partial charge on any atom is 0.128 e. The summed E-state index contributed by atoms with van der Waals surface area (Å²) in [4.78, 5) is 0. The van der Waals surface area contributed by atoms with Crippen LogP contribution in [0.1, 0.15) is 18.1 Å². The average Bonchev–Trinajstić information content (AvgIpc) is 2.46. The molecule has 2 aromatic rings. The van der Waals surface area contributed by atoms with Crippen LogP contribution in [-0.4, -0.2) is 18.3 Å². The smallest absolute Gasteiger partial charge is 0.128 e. The molecule has 21 heavy (non-hydrogen) atoms. The number of halogens is 1. The van der Waals surface area contributed by atoms with E-state index in [-0.39, 0.29) is 5.75 Å². The van der Waals surface area contributed by atoms with Gasteiger partial charge in [-0.2, -0.15) is 0 Å². The molecular formula is C17H20BrNO2. The van der Waals surface area contributed by atoms with Gasteiger partial charge in [0, 0.05) is 28.7 Å². The van der Waals surface area contributed by atoms with Crippen molar-refractivity contribution in [2.24, 2.45) is 0 Å². The van der Waals surface area contributed by atoms with Crippen molar-refractivity contribution >= 4 is 15.9 Å². The lowest BCUT2D eigenvalue weighted by molar-refractivity contribution is 0.398. The maximum absolute atomic E-state index is 9.59. The first kappa shape index (κ1) is 15.9. The van der Waals surface area contributed by atoms with E-state index in [1.165, 1.54) is 5.56 Å². The number of benzene rings is 2. The molecule has 112 valence electrons. The largest absolute Gasteiger partial charge is 0.508 e. The van der Waals surface area contributed by atoms with E-state index in [1.807, 2.05) is 6.07 Å². The molecule has 2 aromatic carbocycles. The third kappa shape index (κ3) is 4.48. The number of phenolic OH excluding ortho intramolecular Hbond substituents is 1. The molecule has 2 rings (SSSR count). The highest BCUT2D eigenvalue weighted by atomic mass is 79.9. The molecule has 4 heteroatoms. The fourth-order valence-electron chi connectivity index (χ4n) is 2.27. The van der Waals surface area contributed by atoms with E-state index in [1.54, 1.807) is 19.2 Å². The molecule has 1 atom stereocenters. The molecule has 0 aliphatic rings. The molecule has 1 unspecified atom stereocenters. The Morgan fingerprint density at radius 3 is 2.62 bits per heavy atom. The normalized spacial score (nSPS) is 12.1. The number of nitrogens with one attached hydrogen (secondary N) is 1. The van der Waals surface area contributed by atoms with Crippen molar-refractivity contribution in [3.63, 3.8) is 0 Å². The Labute approximate surface area is 134 Å². The molecule has 0 fully saturated rings. The van der Waals surface area contributed by atoms with E-state index in [4.69, 9.17) is 4.74 Å². The van der Waals surface area contributed by atoms with Gasteiger partial charge in [0.25, 0.3) is 0 Å². The van der Waals surface area contributed by atoms with E-state index in [2.05, 4.69) is 52.4 Å². The van der Waals surface area contributed by atoms with Crippen molar-refractivity contribution in [3.05, 3.63) is 58.1 Å². The summed E-state index contributed by atoms with van der Waals surface area (Å²) in [6, 6.07) is 14.1. The summed E-state index contributed by atoms with van der Waals surface area (Å²) in [5.41, 5.74) is 2.32. The maximum atomic E-state index is 9.59. The molecule has 3 nitrogen and oxygen atoms in total. The number of ether oxygens (including phenoxy) is 1. The van der Waals surface area contributed by atoms with Crippen molar-refractivity contribution < 1.29 is 9.84 Å². The van der Waals surface area contributed by atoms with Crippen LogP contribution in [0.5, 0.6) is 11.5 Å². The summed E-state index contributed by atoms with van der Waals surface area (Å²) in [6.07, 6.45) is 0.971. The summed E-state index contributed by atoms with van der Waals surface area (Å²) in [5, 5.41) is 13.1. The molecule has 0 aliphatic carbocycles. The van der Waals surface area contributed by atoms with Crippen molar-refractivity contribution in [2.75, 3.05) is 7.11 Å². The van der Waals surface area contributed by atoms with Gasteiger partial charge >= 0.3 is 0 Å².